The number of carboxylic acids is 2. The number of carboxylic acid groups (broad SMARTS) is 2. The molecule has 0 spiro atoms. The minimum absolute atomic E-state index is 0.0412. The van der Waals surface area contributed by atoms with Crippen LogP contribution >= 0.6 is 0 Å². The molecule has 1 rings (SSSR count). The zero-order valence-electron chi connectivity index (χ0n) is 12.1. The Balaban J connectivity index is 3.63. The smallest absolute Gasteiger partial charge is 0.325 e. The molecule has 0 aliphatic rings. The molecule has 22 heavy (non-hydrogen) atoms. The number of hydrogen-bond donors (Lipinski definition) is 2. The molecule has 1 aromatic rings. The fraction of sp³-hybridized carbons (Fsp3) is 0.250. The Morgan fingerprint density at radius 3 is 2.09 bits per heavy atom. The number of nitrogens with zero attached hydrogens (tertiary/aromatic N) is 2. The Hall–Kier alpha value is -3.12. The topological polar surface area (TPSA) is 122 Å². The van der Waals surface area contributed by atoms with Gasteiger partial charge in [-0.3, -0.25) is 9.59 Å². The van der Waals surface area contributed by atoms with E-state index < -0.39 is 17.4 Å². The summed E-state index contributed by atoms with van der Waals surface area (Å²) in [6.07, 6.45) is 1.27. The van der Waals surface area contributed by atoms with Crippen LogP contribution in [0, 0.1) is 22.7 Å². The lowest BCUT2D eigenvalue weighted by molar-refractivity contribution is -0.157. The van der Waals surface area contributed by atoms with Crippen molar-refractivity contribution in [2.75, 3.05) is 0 Å². The minimum atomic E-state index is -2.20. The van der Waals surface area contributed by atoms with E-state index >= 15 is 0 Å². The molecule has 0 aromatic heterocycles. The average Bonchev–Trinajstić information content (AvgIpc) is 2.46. The highest BCUT2D eigenvalue weighted by molar-refractivity contribution is 6.05. The van der Waals surface area contributed by atoms with Gasteiger partial charge in [0, 0.05) is 0 Å². The number of aliphatic carboxylic acids is 2. The molecule has 0 unspecified atom stereocenters. The summed E-state index contributed by atoms with van der Waals surface area (Å²) in [6.45, 7) is 3.46. The van der Waals surface area contributed by atoms with E-state index in [4.69, 9.17) is 10.5 Å². The quantitative estimate of drug-likeness (QED) is 0.634. The van der Waals surface area contributed by atoms with Gasteiger partial charge < -0.3 is 10.2 Å². The van der Waals surface area contributed by atoms with Crippen LogP contribution in [0.5, 0.6) is 0 Å². The second-order valence-electron chi connectivity index (χ2n) is 4.99. The monoisotopic (exact) mass is 298 g/mol. The molecular weight excluding hydrogens is 284 g/mol. The summed E-state index contributed by atoms with van der Waals surface area (Å²) >= 11 is 0. The summed E-state index contributed by atoms with van der Waals surface area (Å²) in [5, 5.41) is 36.9. The molecule has 0 atom stereocenters. The summed E-state index contributed by atoms with van der Waals surface area (Å²) in [5.41, 5.74) is -1.44. The van der Waals surface area contributed by atoms with Crippen molar-refractivity contribution in [3.05, 3.63) is 46.5 Å². The molecule has 0 aliphatic heterocycles. The zero-order chi connectivity index (χ0) is 16.9. The van der Waals surface area contributed by atoms with E-state index in [-0.39, 0.29) is 23.1 Å². The summed E-state index contributed by atoms with van der Waals surface area (Å²) < 4.78 is 0. The van der Waals surface area contributed by atoms with Gasteiger partial charge in [0.2, 0.25) is 0 Å². The van der Waals surface area contributed by atoms with E-state index in [1.165, 1.54) is 18.2 Å². The van der Waals surface area contributed by atoms with Crippen molar-refractivity contribution in [1.82, 2.24) is 0 Å². The number of nitriles is 2. The van der Waals surface area contributed by atoms with E-state index in [1.54, 1.807) is 26.0 Å². The van der Waals surface area contributed by atoms with Crippen LogP contribution in [0.4, 0.5) is 0 Å². The predicted octanol–water partition coefficient (Wildman–Crippen LogP) is 2.19. The van der Waals surface area contributed by atoms with E-state index in [9.17, 15) is 19.8 Å². The molecule has 0 heterocycles. The van der Waals surface area contributed by atoms with Gasteiger partial charge in [-0.2, -0.15) is 10.5 Å². The van der Waals surface area contributed by atoms with Crippen LogP contribution in [0.1, 0.15) is 37.0 Å². The van der Waals surface area contributed by atoms with Crippen LogP contribution < -0.4 is 0 Å². The van der Waals surface area contributed by atoms with E-state index in [1.807, 2.05) is 0 Å². The molecule has 0 fully saturated rings. The first-order chi connectivity index (χ1) is 10.3. The molecule has 6 heteroatoms. The fourth-order valence-electron chi connectivity index (χ4n) is 1.99. The van der Waals surface area contributed by atoms with Crippen LogP contribution in [0.3, 0.4) is 0 Å². The van der Waals surface area contributed by atoms with Crippen molar-refractivity contribution in [3.63, 3.8) is 0 Å². The average molecular weight is 298 g/mol. The first-order valence-electron chi connectivity index (χ1n) is 6.34. The van der Waals surface area contributed by atoms with Gasteiger partial charge in [0.15, 0.2) is 5.41 Å². The molecule has 0 saturated carbocycles. The number of allylic oxidation sites excluding steroid dienone is 2. The third kappa shape index (κ3) is 2.97. The zero-order valence-corrected chi connectivity index (χ0v) is 12.1. The van der Waals surface area contributed by atoms with Crippen molar-refractivity contribution in [2.24, 2.45) is 0 Å². The first-order valence-corrected chi connectivity index (χ1v) is 6.34. The number of hydrogen-bond acceptors (Lipinski definition) is 4. The molecule has 6 nitrogen and oxygen atoms in total. The van der Waals surface area contributed by atoms with Crippen molar-refractivity contribution in [1.29, 1.82) is 10.5 Å². The molecule has 0 aliphatic carbocycles. The van der Waals surface area contributed by atoms with Gasteiger partial charge in [-0.1, -0.05) is 17.7 Å². The third-order valence-electron chi connectivity index (χ3n) is 3.30. The highest BCUT2D eigenvalue weighted by Crippen LogP contribution is 2.31. The van der Waals surface area contributed by atoms with Gasteiger partial charge in [0.1, 0.15) is 12.1 Å². The molecule has 2 N–H and O–H groups in total. The van der Waals surface area contributed by atoms with Gasteiger partial charge in [-0.15, -0.1) is 0 Å². The lowest BCUT2D eigenvalue weighted by atomic mass is 9.76. The third-order valence-corrected chi connectivity index (χ3v) is 3.30. The maximum absolute atomic E-state index is 11.7. The van der Waals surface area contributed by atoms with Crippen molar-refractivity contribution in [3.8, 4) is 12.1 Å². The Bertz CT molecular complexity index is 717. The van der Waals surface area contributed by atoms with Crippen molar-refractivity contribution in [2.45, 2.75) is 25.7 Å². The van der Waals surface area contributed by atoms with Gasteiger partial charge in [0.25, 0.3) is 0 Å². The van der Waals surface area contributed by atoms with Crippen LogP contribution in [-0.4, -0.2) is 22.2 Å². The summed E-state index contributed by atoms with van der Waals surface area (Å²) in [5.74, 6) is -3.04. The van der Waals surface area contributed by atoms with E-state index in [0.29, 0.717) is 0 Å². The Kier molecular flexibility index (Phi) is 5.04. The highest BCUT2D eigenvalue weighted by atomic mass is 16.4. The molecule has 0 radical (unpaired) electrons. The maximum atomic E-state index is 11.7. The highest BCUT2D eigenvalue weighted by Gasteiger charge is 2.47. The predicted molar refractivity (Wildman–Crippen MR) is 76.9 cm³/mol. The van der Waals surface area contributed by atoms with Crippen LogP contribution in [0.15, 0.2) is 29.8 Å². The van der Waals surface area contributed by atoms with Gasteiger partial charge in [-0.25, -0.2) is 0 Å². The summed E-state index contributed by atoms with van der Waals surface area (Å²) in [7, 11) is 0. The molecule has 0 saturated heterocycles. The van der Waals surface area contributed by atoms with E-state index in [0.717, 1.165) is 11.6 Å². The Labute approximate surface area is 127 Å². The second kappa shape index (κ2) is 6.55. The lowest BCUT2D eigenvalue weighted by Crippen LogP contribution is -2.43. The van der Waals surface area contributed by atoms with Gasteiger partial charge in [0.05, 0.1) is 11.1 Å². The number of benzene rings is 1. The summed E-state index contributed by atoms with van der Waals surface area (Å²) in [4.78, 5) is 23.3. The lowest BCUT2D eigenvalue weighted by Gasteiger charge is -2.24. The van der Waals surface area contributed by atoms with Crippen LogP contribution in [-0.2, 0) is 15.0 Å². The Morgan fingerprint density at radius 1 is 1.14 bits per heavy atom. The number of rotatable bonds is 5. The first kappa shape index (κ1) is 16.9. The largest absolute Gasteiger partial charge is 0.480 e. The SMILES string of the molecule is CC(C)=CCC(C(=O)O)(C(=O)O)c1ccc(C#N)c(C#N)c1. The minimum Gasteiger partial charge on any atom is -0.480 e. The maximum Gasteiger partial charge on any atom is 0.325 e. The van der Waals surface area contributed by atoms with Gasteiger partial charge in [-0.05, 0) is 38.0 Å². The van der Waals surface area contributed by atoms with Crippen molar-refractivity contribution >= 4 is 11.9 Å². The molecule has 112 valence electrons. The second-order valence-corrected chi connectivity index (χ2v) is 4.99. The van der Waals surface area contributed by atoms with Crippen LogP contribution in [0.2, 0.25) is 0 Å². The normalized spacial score (nSPS) is 10.2. The summed E-state index contributed by atoms with van der Waals surface area (Å²) in [6, 6.07) is 7.26. The standard InChI is InChI=1S/C16H14N2O4/c1-10(2)5-6-16(14(19)20,15(21)22)13-4-3-11(8-17)12(7-13)9-18/h3-5,7H,6H2,1-2H3,(H,19,20)(H,21,22). The molecular formula is C16H14N2O4. The van der Waals surface area contributed by atoms with Gasteiger partial charge >= 0.3 is 11.9 Å². The van der Waals surface area contributed by atoms with E-state index in [2.05, 4.69) is 0 Å². The molecule has 0 amide bonds. The van der Waals surface area contributed by atoms with Crippen LogP contribution in [0.25, 0.3) is 0 Å². The number of carbonyl (C=O) groups is 2. The molecule has 0 bridgehead atoms. The van der Waals surface area contributed by atoms with Crippen molar-refractivity contribution < 1.29 is 19.8 Å². The molecule has 1 aromatic carbocycles. The fourth-order valence-corrected chi connectivity index (χ4v) is 1.99. The Morgan fingerprint density at radius 2 is 1.68 bits per heavy atom.